The Labute approximate surface area is 86.0 Å². The monoisotopic (exact) mass is 208 g/mol. The molecule has 0 saturated heterocycles. The first-order chi connectivity index (χ1) is 7.22. The van der Waals surface area contributed by atoms with Crippen molar-refractivity contribution in [2.45, 2.75) is 0 Å². The molecule has 0 unspecified atom stereocenters. The van der Waals surface area contributed by atoms with Crippen molar-refractivity contribution in [1.29, 1.82) is 0 Å². The van der Waals surface area contributed by atoms with Gasteiger partial charge in [-0.15, -0.1) is 0 Å². The van der Waals surface area contributed by atoms with Gasteiger partial charge in [-0.1, -0.05) is 0 Å². The number of ether oxygens (including phenoxy) is 1. The van der Waals surface area contributed by atoms with Gasteiger partial charge in [0.25, 0.3) is 0 Å². The molecule has 0 saturated carbocycles. The van der Waals surface area contributed by atoms with Crippen molar-refractivity contribution in [3.8, 4) is 5.75 Å². The predicted octanol–water partition coefficient (Wildman–Crippen LogP) is 0.469. The molecule has 1 heterocycles. The number of oxazole rings is 1. The summed E-state index contributed by atoms with van der Waals surface area (Å²) in [5.41, 5.74) is 6.59. The molecule has 0 bridgehead atoms. The number of benzene rings is 1. The molecule has 1 aromatic carbocycles. The number of aromatic nitrogens is 1. The first kappa shape index (κ1) is 9.79. The van der Waals surface area contributed by atoms with Crippen LogP contribution in [0.1, 0.15) is 0 Å². The highest BCUT2D eigenvalue weighted by Gasteiger charge is 2.06. The largest absolute Gasteiger partial charge is 0.492 e. The Bertz CT molecular complexity index is 527. The predicted molar refractivity (Wildman–Crippen MR) is 56.0 cm³/mol. The molecule has 0 aliphatic rings. The Kier molecular flexibility index (Phi) is 2.47. The molecule has 0 amide bonds. The van der Waals surface area contributed by atoms with Gasteiger partial charge in [-0.25, -0.2) is 4.79 Å². The normalized spacial score (nSPS) is 10.8. The van der Waals surface area contributed by atoms with E-state index in [0.29, 0.717) is 24.5 Å². The summed E-state index contributed by atoms with van der Waals surface area (Å²) in [4.78, 5) is 11.2. The zero-order valence-electron chi connectivity index (χ0n) is 8.40. The van der Waals surface area contributed by atoms with Crippen LogP contribution in [0.3, 0.4) is 0 Å². The zero-order chi connectivity index (χ0) is 10.8. The lowest BCUT2D eigenvalue weighted by Crippen LogP contribution is -2.10. The van der Waals surface area contributed by atoms with E-state index >= 15 is 0 Å². The standard InChI is InChI=1S/C10H12N2O3/c1-12-8-3-2-7(14-5-4-11)6-9(8)15-10(12)13/h2-3,6H,4-5,11H2,1H3. The van der Waals surface area contributed by atoms with Crippen LogP contribution >= 0.6 is 0 Å². The van der Waals surface area contributed by atoms with Crippen LogP contribution in [0.4, 0.5) is 0 Å². The molecule has 0 fully saturated rings. The number of nitrogens with two attached hydrogens (primary N) is 1. The zero-order valence-corrected chi connectivity index (χ0v) is 8.40. The maximum absolute atomic E-state index is 11.2. The number of nitrogens with zero attached hydrogens (tertiary/aromatic N) is 1. The third kappa shape index (κ3) is 1.73. The minimum Gasteiger partial charge on any atom is -0.492 e. The van der Waals surface area contributed by atoms with Gasteiger partial charge in [-0.05, 0) is 12.1 Å². The van der Waals surface area contributed by atoms with Gasteiger partial charge in [0.15, 0.2) is 5.58 Å². The van der Waals surface area contributed by atoms with E-state index < -0.39 is 0 Å². The molecule has 15 heavy (non-hydrogen) atoms. The number of rotatable bonds is 3. The van der Waals surface area contributed by atoms with Gasteiger partial charge in [0, 0.05) is 19.7 Å². The first-order valence-corrected chi connectivity index (χ1v) is 4.65. The minimum atomic E-state index is -0.374. The van der Waals surface area contributed by atoms with E-state index in [4.69, 9.17) is 14.9 Å². The van der Waals surface area contributed by atoms with Crippen LogP contribution in [0.15, 0.2) is 27.4 Å². The van der Waals surface area contributed by atoms with E-state index in [0.717, 1.165) is 5.52 Å². The molecule has 2 rings (SSSR count). The fourth-order valence-electron chi connectivity index (χ4n) is 1.38. The lowest BCUT2D eigenvalue weighted by atomic mass is 10.3. The van der Waals surface area contributed by atoms with E-state index in [1.807, 2.05) is 0 Å². The van der Waals surface area contributed by atoms with E-state index in [-0.39, 0.29) is 5.76 Å². The molecular formula is C10H12N2O3. The van der Waals surface area contributed by atoms with Gasteiger partial charge >= 0.3 is 5.76 Å². The average molecular weight is 208 g/mol. The summed E-state index contributed by atoms with van der Waals surface area (Å²) in [5.74, 6) is 0.281. The molecule has 2 N–H and O–H groups in total. The van der Waals surface area contributed by atoms with Gasteiger partial charge in [0.05, 0.1) is 5.52 Å². The van der Waals surface area contributed by atoms with E-state index in [9.17, 15) is 4.79 Å². The molecule has 0 atom stereocenters. The highest BCUT2D eigenvalue weighted by Crippen LogP contribution is 2.19. The van der Waals surface area contributed by atoms with Crippen molar-refractivity contribution in [3.63, 3.8) is 0 Å². The Morgan fingerprint density at radius 2 is 2.33 bits per heavy atom. The van der Waals surface area contributed by atoms with Crippen LogP contribution in [0.2, 0.25) is 0 Å². The summed E-state index contributed by atoms with van der Waals surface area (Å²) in [6, 6.07) is 5.26. The molecule has 0 radical (unpaired) electrons. The molecule has 80 valence electrons. The summed E-state index contributed by atoms with van der Waals surface area (Å²) < 4.78 is 11.8. The fourth-order valence-corrected chi connectivity index (χ4v) is 1.38. The van der Waals surface area contributed by atoms with Crippen molar-refractivity contribution >= 4 is 11.1 Å². The summed E-state index contributed by atoms with van der Waals surface area (Å²) in [6.07, 6.45) is 0. The van der Waals surface area contributed by atoms with Gasteiger partial charge in [0.2, 0.25) is 0 Å². The second kappa shape index (κ2) is 3.78. The first-order valence-electron chi connectivity index (χ1n) is 4.65. The summed E-state index contributed by atoms with van der Waals surface area (Å²) in [5, 5.41) is 0. The Balaban J connectivity index is 2.43. The highest BCUT2D eigenvalue weighted by atomic mass is 16.5. The van der Waals surface area contributed by atoms with Crippen molar-refractivity contribution in [2.75, 3.05) is 13.2 Å². The molecule has 5 nitrogen and oxygen atoms in total. The number of fused-ring (bicyclic) bond motifs is 1. The number of hydrogen-bond acceptors (Lipinski definition) is 4. The van der Waals surface area contributed by atoms with Crippen molar-refractivity contribution < 1.29 is 9.15 Å². The van der Waals surface area contributed by atoms with Crippen LogP contribution in [0.25, 0.3) is 11.1 Å². The van der Waals surface area contributed by atoms with E-state index in [1.165, 1.54) is 4.57 Å². The minimum absolute atomic E-state index is 0.374. The fraction of sp³-hybridized carbons (Fsp3) is 0.300. The smallest absolute Gasteiger partial charge is 0.419 e. The number of hydrogen-bond donors (Lipinski definition) is 1. The van der Waals surface area contributed by atoms with E-state index in [2.05, 4.69) is 0 Å². The van der Waals surface area contributed by atoms with Crippen LogP contribution in [-0.2, 0) is 7.05 Å². The van der Waals surface area contributed by atoms with Crippen LogP contribution in [-0.4, -0.2) is 17.7 Å². The summed E-state index contributed by atoms with van der Waals surface area (Å²) in [6.45, 7) is 0.902. The SMILES string of the molecule is Cn1c(=O)oc2cc(OCCN)ccc21. The van der Waals surface area contributed by atoms with Gasteiger partial charge in [0.1, 0.15) is 12.4 Å². The maximum Gasteiger partial charge on any atom is 0.419 e. The van der Waals surface area contributed by atoms with Crippen molar-refractivity contribution in [1.82, 2.24) is 4.57 Å². The second-order valence-corrected chi connectivity index (χ2v) is 3.19. The third-order valence-corrected chi connectivity index (χ3v) is 2.15. The van der Waals surface area contributed by atoms with Gasteiger partial charge < -0.3 is 14.9 Å². The lowest BCUT2D eigenvalue weighted by Gasteiger charge is -2.03. The number of aryl methyl sites for hydroxylation is 1. The molecule has 5 heteroatoms. The Hall–Kier alpha value is -1.75. The topological polar surface area (TPSA) is 70.4 Å². The van der Waals surface area contributed by atoms with Crippen molar-refractivity contribution in [3.05, 3.63) is 28.7 Å². The summed E-state index contributed by atoms with van der Waals surface area (Å²) >= 11 is 0. The van der Waals surface area contributed by atoms with Gasteiger partial charge in [-0.3, -0.25) is 4.57 Å². The van der Waals surface area contributed by atoms with Crippen LogP contribution in [0.5, 0.6) is 5.75 Å². The van der Waals surface area contributed by atoms with Crippen molar-refractivity contribution in [2.24, 2.45) is 12.8 Å². The lowest BCUT2D eigenvalue weighted by molar-refractivity contribution is 0.328. The van der Waals surface area contributed by atoms with Crippen LogP contribution in [0, 0.1) is 0 Å². The molecule has 0 aliphatic carbocycles. The molecule has 0 spiro atoms. The maximum atomic E-state index is 11.2. The van der Waals surface area contributed by atoms with Gasteiger partial charge in [-0.2, -0.15) is 0 Å². The average Bonchev–Trinajstić information content (AvgIpc) is 2.52. The Morgan fingerprint density at radius 3 is 3.07 bits per heavy atom. The quantitative estimate of drug-likeness (QED) is 0.795. The Morgan fingerprint density at radius 1 is 1.53 bits per heavy atom. The molecule has 1 aromatic heterocycles. The molecule has 2 aromatic rings. The third-order valence-electron chi connectivity index (χ3n) is 2.15. The molecule has 0 aliphatic heterocycles. The molecular weight excluding hydrogens is 196 g/mol. The van der Waals surface area contributed by atoms with Crippen LogP contribution < -0.4 is 16.2 Å². The highest BCUT2D eigenvalue weighted by molar-refractivity contribution is 5.74. The second-order valence-electron chi connectivity index (χ2n) is 3.19. The van der Waals surface area contributed by atoms with E-state index in [1.54, 1.807) is 25.2 Å². The summed E-state index contributed by atoms with van der Waals surface area (Å²) in [7, 11) is 1.66.